The molecule has 0 rings (SSSR count). The first-order valence-electron chi connectivity index (χ1n) is 5.29. The Kier molecular flexibility index (Phi) is 8.46. The minimum Gasteiger partial charge on any atom is -0.391 e. The lowest BCUT2D eigenvalue weighted by Crippen LogP contribution is -2.16. The van der Waals surface area contributed by atoms with Crippen molar-refractivity contribution in [1.29, 1.82) is 0 Å². The fourth-order valence-corrected chi connectivity index (χ4v) is 1.27. The lowest BCUT2D eigenvalue weighted by atomic mass is 10.0. The van der Waals surface area contributed by atoms with Crippen LogP contribution >= 0.6 is 0 Å². The minimum atomic E-state index is -0.580. The van der Waals surface area contributed by atoms with Gasteiger partial charge in [0, 0.05) is 6.61 Å². The second-order valence-electron chi connectivity index (χ2n) is 3.61. The van der Waals surface area contributed by atoms with E-state index in [-0.39, 0.29) is 0 Å². The number of hydrogen-bond acceptors (Lipinski definition) is 2. The molecule has 0 saturated heterocycles. The molecule has 0 heterocycles. The van der Waals surface area contributed by atoms with E-state index in [4.69, 9.17) is 9.84 Å². The van der Waals surface area contributed by atoms with E-state index in [1.165, 1.54) is 19.3 Å². The summed E-state index contributed by atoms with van der Waals surface area (Å²) in [5.41, 5.74) is 0. The Bertz CT molecular complexity index is 102. The van der Waals surface area contributed by atoms with E-state index in [0.717, 1.165) is 13.0 Å². The molecule has 0 amide bonds. The van der Waals surface area contributed by atoms with Crippen molar-refractivity contribution >= 4 is 0 Å². The maximum atomic E-state index is 8.88. The van der Waals surface area contributed by atoms with Crippen LogP contribution in [0.4, 0.5) is 0 Å². The van der Waals surface area contributed by atoms with Crippen LogP contribution in [0.15, 0.2) is 0 Å². The van der Waals surface area contributed by atoms with Gasteiger partial charge in [-0.25, -0.2) is 0 Å². The summed E-state index contributed by atoms with van der Waals surface area (Å²) in [6.07, 6.45) is 4.33. The normalized spacial score (nSPS) is 15.7. The van der Waals surface area contributed by atoms with Gasteiger partial charge < -0.3 is 9.84 Å². The van der Waals surface area contributed by atoms with Gasteiger partial charge in [0.05, 0.1) is 12.7 Å². The van der Waals surface area contributed by atoms with E-state index in [2.05, 4.69) is 20.8 Å². The number of rotatable bonds is 8. The third-order valence-electron chi connectivity index (χ3n) is 2.21. The van der Waals surface area contributed by atoms with Gasteiger partial charge in [0.1, 0.15) is 0 Å². The van der Waals surface area contributed by atoms with Gasteiger partial charge in [-0.3, -0.25) is 0 Å². The van der Waals surface area contributed by atoms with Gasteiger partial charge >= 0.3 is 0 Å². The third-order valence-corrected chi connectivity index (χ3v) is 2.21. The number of hydrogen-bond donors (Lipinski definition) is 1. The van der Waals surface area contributed by atoms with Gasteiger partial charge in [-0.05, 0) is 19.3 Å². The van der Waals surface area contributed by atoms with Crippen molar-refractivity contribution in [1.82, 2.24) is 0 Å². The zero-order valence-corrected chi connectivity index (χ0v) is 8.96. The first kappa shape index (κ1) is 12.9. The fourth-order valence-electron chi connectivity index (χ4n) is 1.27. The van der Waals surface area contributed by atoms with Crippen LogP contribution in [-0.2, 0) is 4.74 Å². The zero-order chi connectivity index (χ0) is 10.1. The summed E-state index contributed by atoms with van der Waals surface area (Å²) in [5, 5.41) is 8.88. The second-order valence-corrected chi connectivity index (χ2v) is 3.61. The molecule has 0 spiro atoms. The molecule has 0 aromatic carbocycles. The van der Waals surface area contributed by atoms with Gasteiger partial charge in [-0.2, -0.15) is 0 Å². The molecule has 0 saturated carbocycles. The van der Waals surface area contributed by atoms with Gasteiger partial charge in [-0.1, -0.05) is 33.1 Å². The van der Waals surface area contributed by atoms with E-state index in [9.17, 15) is 0 Å². The highest BCUT2D eigenvalue weighted by Crippen LogP contribution is 2.12. The average Bonchev–Trinajstić information content (AvgIpc) is 2.10. The average molecular weight is 187 g/mol. The molecule has 0 aliphatic heterocycles. The lowest BCUT2D eigenvalue weighted by Gasteiger charge is -2.15. The molecular weight excluding hydrogens is 164 g/mol. The molecule has 0 aliphatic rings. The highest BCUT2D eigenvalue weighted by Gasteiger charge is 2.06. The molecule has 0 fully saturated rings. The molecule has 1 radical (unpaired) electrons. The summed E-state index contributed by atoms with van der Waals surface area (Å²) >= 11 is 0. The standard InChI is InChI=1S/C11H23O2/c1-4-6-7-11(5-2)9-13-8-10(3)12/h10-12H,3-9H2,1-2H3. The Morgan fingerprint density at radius 1 is 1.31 bits per heavy atom. The maximum absolute atomic E-state index is 8.88. The van der Waals surface area contributed by atoms with Gasteiger partial charge in [0.25, 0.3) is 0 Å². The van der Waals surface area contributed by atoms with Crippen molar-refractivity contribution in [3.05, 3.63) is 6.92 Å². The number of unbranched alkanes of at least 4 members (excludes halogenated alkanes) is 1. The quantitative estimate of drug-likeness (QED) is 0.632. The topological polar surface area (TPSA) is 29.5 Å². The molecule has 2 nitrogen and oxygen atoms in total. The number of aliphatic hydroxyl groups is 1. The van der Waals surface area contributed by atoms with Gasteiger partial charge in [0.2, 0.25) is 0 Å². The SMILES string of the molecule is [CH2]C(O)COCC(CC)CCCC. The fraction of sp³-hybridized carbons (Fsp3) is 0.909. The van der Waals surface area contributed by atoms with Crippen molar-refractivity contribution in [3.8, 4) is 0 Å². The molecular formula is C11H23O2. The molecule has 1 N–H and O–H groups in total. The summed E-state index contributed by atoms with van der Waals surface area (Å²) in [7, 11) is 0. The molecule has 0 aliphatic carbocycles. The van der Waals surface area contributed by atoms with Crippen molar-refractivity contribution in [3.63, 3.8) is 0 Å². The Morgan fingerprint density at radius 2 is 2.00 bits per heavy atom. The lowest BCUT2D eigenvalue weighted by molar-refractivity contribution is 0.0368. The maximum Gasteiger partial charge on any atom is 0.0774 e. The Labute approximate surface area is 82.3 Å². The molecule has 2 heteroatoms. The summed E-state index contributed by atoms with van der Waals surface area (Å²) in [6, 6.07) is 0. The van der Waals surface area contributed by atoms with Crippen LogP contribution in [0.25, 0.3) is 0 Å². The minimum absolute atomic E-state index is 0.364. The molecule has 79 valence electrons. The third kappa shape index (κ3) is 8.26. The summed E-state index contributed by atoms with van der Waals surface area (Å²) in [4.78, 5) is 0. The van der Waals surface area contributed by atoms with Crippen LogP contribution in [0, 0.1) is 12.8 Å². The zero-order valence-electron chi connectivity index (χ0n) is 8.96. The van der Waals surface area contributed by atoms with Crippen LogP contribution in [0.1, 0.15) is 39.5 Å². The summed E-state index contributed by atoms with van der Waals surface area (Å²) < 4.78 is 5.33. The Morgan fingerprint density at radius 3 is 2.46 bits per heavy atom. The van der Waals surface area contributed by atoms with E-state index < -0.39 is 6.10 Å². The van der Waals surface area contributed by atoms with Crippen molar-refractivity contribution in [2.24, 2.45) is 5.92 Å². The van der Waals surface area contributed by atoms with Gasteiger partial charge in [-0.15, -0.1) is 0 Å². The second kappa shape index (κ2) is 8.52. The molecule has 0 bridgehead atoms. The van der Waals surface area contributed by atoms with Crippen molar-refractivity contribution in [2.75, 3.05) is 13.2 Å². The van der Waals surface area contributed by atoms with Crippen LogP contribution in [-0.4, -0.2) is 24.4 Å². The van der Waals surface area contributed by atoms with E-state index in [1.54, 1.807) is 0 Å². The first-order chi connectivity index (χ1) is 6.20. The molecule has 0 aromatic heterocycles. The first-order valence-corrected chi connectivity index (χ1v) is 5.29. The highest BCUT2D eigenvalue weighted by molar-refractivity contribution is 4.58. The Hall–Kier alpha value is -0.0800. The van der Waals surface area contributed by atoms with Crippen molar-refractivity contribution in [2.45, 2.75) is 45.6 Å². The smallest absolute Gasteiger partial charge is 0.0774 e. The van der Waals surface area contributed by atoms with Crippen LogP contribution in [0.5, 0.6) is 0 Å². The number of aliphatic hydroxyl groups excluding tert-OH is 1. The van der Waals surface area contributed by atoms with Crippen LogP contribution in [0.3, 0.4) is 0 Å². The molecule has 2 unspecified atom stereocenters. The van der Waals surface area contributed by atoms with E-state index >= 15 is 0 Å². The summed E-state index contributed by atoms with van der Waals surface area (Å²) in [6.45, 7) is 8.97. The van der Waals surface area contributed by atoms with Gasteiger partial charge in [0.15, 0.2) is 0 Å². The highest BCUT2D eigenvalue weighted by atomic mass is 16.5. The van der Waals surface area contributed by atoms with Crippen LogP contribution in [0.2, 0.25) is 0 Å². The predicted molar refractivity (Wildman–Crippen MR) is 55.5 cm³/mol. The van der Waals surface area contributed by atoms with Crippen molar-refractivity contribution < 1.29 is 9.84 Å². The monoisotopic (exact) mass is 187 g/mol. The number of ether oxygens (including phenoxy) is 1. The molecule has 13 heavy (non-hydrogen) atoms. The van der Waals surface area contributed by atoms with E-state index in [0.29, 0.717) is 12.5 Å². The molecule has 0 aromatic rings. The predicted octanol–water partition coefficient (Wildman–Crippen LogP) is 2.41. The van der Waals surface area contributed by atoms with Crippen LogP contribution < -0.4 is 0 Å². The Balaban J connectivity index is 3.36. The molecule has 2 atom stereocenters. The van der Waals surface area contributed by atoms with E-state index in [1.807, 2.05) is 0 Å². The summed E-state index contributed by atoms with van der Waals surface area (Å²) in [5.74, 6) is 0.652. The largest absolute Gasteiger partial charge is 0.391 e.